The van der Waals surface area contributed by atoms with Crippen molar-refractivity contribution in [1.29, 1.82) is 0 Å². The molecule has 11 heteroatoms. The van der Waals surface area contributed by atoms with Gasteiger partial charge in [-0.15, -0.1) is 0 Å². The minimum atomic E-state index is -4.44. The average Bonchev–Trinajstić information content (AvgIpc) is 3.18. The Kier molecular flexibility index (Phi) is 4.80. The lowest BCUT2D eigenvalue weighted by Crippen LogP contribution is -2.49. The standard InChI is InChI=1S/C17H15ClF3N7/c18-14-10-12(17(19,20)21)11-22-15(14)26-6-8-27(9-7-26)16-23-24-25-28(16)13-4-2-1-3-5-13/h1-5,10-11H,6-9H2/p+1. The van der Waals surface area contributed by atoms with E-state index in [1.807, 2.05) is 40.1 Å². The van der Waals surface area contributed by atoms with Gasteiger partial charge in [0.25, 0.3) is 11.8 Å². The molecule has 3 heterocycles. The Morgan fingerprint density at radius 3 is 2.32 bits per heavy atom. The number of benzene rings is 1. The highest BCUT2D eigenvalue weighted by Gasteiger charge is 2.34. The number of rotatable bonds is 3. The molecule has 1 N–H and O–H groups in total. The predicted octanol–water partition coefficient (Wildman–Crippen LogP) is 2.48. The molecule has 28 heavy (non-hydrogen) atoms. The van der Waals surface area contributed by atoms with E-state index >= 15 is 0 Å². The van der Waals surface area contributed by atoms with Crippen molar-refractivity contribution in [2.75, 3.05) is 36.0 Å². The maximum Gasteiger partial charge on any atom is 0.419 e. The van der Waals surface area contributed by atoms with E-state index in [9.17, 15) is 13.2 Å². The van der Waals surface area contributed by atoms with Gasteiger partial charge in [-0.2, -0.15) is 17.9 Å². The van der Waals surface area contributed by atoms with Gasteiger partial charge in [0.1, 0.15) is 24.3 Å². The highest BCUT2D eigenvalue weighted by atomic mass is 35.5. The van der Waals surface area contributed by atoms with Crippen LogP contribution in [0.2, 0.25) is 5.02 Å². The van der Waals surface area contributed by atoms with E-state index in [4.69, 9.17) is 11.6 Å². The number of aromatic amines is 1. The third-order valence-corrected chi connectivity index (χ3v) is 4.82. The third-order valence-electron chi connectivity index (χ3n) is 4.53. The van der Waals surface area contributed by atoms with Crippen molar-refractivity contribution in [2.45, 2.75) is 6.18 Å². The average molecular weight is 411 g/mol. The van der Waals surface area contributed by atoms with E-state index < -0.39 is 11.7 Å². The van der Waals surface area contributed by atoms with E-state index in [-0.39, 0.29) is 5.02 Å². The molecular formula is C17H16ClF3N7+. The fourth-order valence-corrected chi connectivity index (χ4v) is 3.41. The second-order valence-corrected chi connectivity index (χ2v) is 6.69. The number of aromatic nitrogens is 5. The third kappa shape index (κ3) is 3.59. The van der Waals surface area contributed by atoms with Crippen molar-refractivity contribution >= 4 is 23.4 Å². The summed E-state index contributed by atoms with van der Waals surface area (Å²) in [6, 6.07) is 10.5. The lowest BCUT2D eigenvalue weighted by Gasteiger charge is -2.31. The lowest BCUT2D eigenvalue weighted by molar-refractivity contribution is -0.367. The first kappa shape index (κ1) is 18.5. The van der Waals surface area contributed by atoms with E-state index in [1.54, 1.807) is 4.68 Å². The maximum absolute atomic E-state index is 12.8. The second-order valence-electron chi connectivity index (χ2n) is 6.28. The van der Waals surface area contributed by atoms with Crippen LogP contribution in [0.25, 0.3) is 5.69 Å². The van der Waals surface area contributed by atoms with E-state index in [1.165, 1.54) is 0 Å². The number of pyridine rings is 1. The van der Waals surface area contributed by atoms with Crippen molar-refractivity contribution < 1.29 is 18.2 Å². The van der Waals surface area contributed by atoms with Crippen molar-refractivity contribution in [2.24, 2.45) is 0 Å². The number of alkyl halides is 3. The molecule has 7 nitrogen and oxygen atoms in total. The summed E-state index contributed by atoms with van der Waals surface area (Å²) >= 11 is 6.09. The summed E-state index contributed by atoms with van der Waals surface area (Å²) < 4.78 is 40.1. The summed E-state index contributed by atoms with van der Waals surface area (Å²) in [5, 5.41) is 12.0. The number of nitrogens with zero attached hydrogens (tertiary/aromatic N) is 6. The first-order chi connectivity index (χ1) is 13.4. The number of para-hydroxylation sites is 1. The van der Waals surface area contributed by atoms with Gasteiger partial charge in [-0.05, 0) is 28.6 Å². The Morgan fingerprint density at radius 2 is 1.68 bits per heavy atom. The minimum absolute atomic E-state index is 0.0393. The zero-order valence-electron chi connectivity index (χ0n) is 14.6. The van der Waals surface area contributed by atoms with Gasteiger partial charge in [0, 0.05) is 0 Å². The summed E-state index contributed by atoms with van der Waals surface area (Å²) in [7, 11) is 0. The van der Waals surface area contributed by atoms with Crippen molar-refractivity contribution in [3.05, 3.63) is 53.2 Å². The second kappa shape index (κ2) is 7.27. The normalized spacial score (nSPS) is 15.1. The molecule has 0 radical (unpaired) electrons. The highest BCUT2D eigenvalue weighted by Crippen LogP contribution is 2.32. The number of piperazine rings is 1. The Morgan fingerprint density at radius 1 is 1.00 bits per heavy atom. The predicted molar refractivity (Wildman–Crippen MR) is 96.6 cm³/mol. The maximum atomic E-state index is 12.8. The largest absolute Gasteiger partial charge is 0.419 e. The Labute approximate surface area is 163 Å². The van der Waals surface area contributed by atoms with Gasteiger partial charge < -0.3 is 4.90 Å². The van der Waals surface area contributed by atoms with Gasteiger partial charge in [0.15, 0.2) is 0 Å². The van der Waals surface area contributed by atoms with Crippen LogP contribution in [0, 0.1) is 0 Å². The molecule has 3 aromatic rings. The Balaban J connectivity index is 1.49. The topological polar surface area (TPSA) is 64.2 Å². The molecule has 0 bridgehead atoms. The van der Waals surface area contributed by atoms with Crippen LogP contribution in [0.1, 0.15) is 5.56 Å². The number of H-pyrrole nitrogens is 1. The zero-order valence-corrected chi connectivity index (χ0v) is 15.3. The summed E-state index contributed by atoms with van der Waals surface area (Å²) in [5.41, 5.74) is 0.0472. The number of hydrogen-bond donors (Lipinski definition) is 0. The molecule has 1 saturated heterocycles. The van der Waals surface area contributed by atoms with Gasteiger partial charge >= 0.3 is 6.18 Å². The molecule has 0 spiro atoms. The van der Waals surface area contributed by atoms with Crippen molar-refractivity contribution in [1.82, 2.24) is 20.2 Å². The fraction of sp³-hybridized carbons (Fsp3) is 0.294. The first-order valence-electron chi connectivity index (χ1n) is 8.55. The van der Waals surface area contributed by atoms with Gasteiger partial charge in [-0.1, -0.05) is 34.9 Å². The molecule has 1 aliphatic rings. The van der Waals surface area contributed by atoms with Crippen LogP contribution in [0.15, 0.2) is 42.6 Å². The number of tetrazole rings is 1. The number of halogens is 4. The van der Waals surface area contributed by atoms with Gasteiger partial charge in [-0.3, -0.25) is 4.90 Å². The minimum Gasteiger partial charge on any atom is -0.332 e. The summed E-state index contributed by atoms with van der Waals surface area (Å²) in [4.78, 5) is 6.62. The molecule has 1 fully saturated rings. The van der Waals surface area contributed by atoms with Crippen LogP contribution in [-0.2, 0) is 6.18 Å². The van der Waals surface area contributed by atoms with Crippen LogP contribution >= 0.6 is 11.6 Å². The zero-order chi connectivity index (χ0) is 19.7. The molecule has 0 aliphatic carbocycles. The van der Waals surface area contributed by atoms with E-state index in [2.05, 4.69) is 20.5 Å². The number of nitrogens with one attached hydrogen (secondary N) is 1. The van der Waals surface area contributed by atoms with Gasteiger partial charge in [0.2, 0.25) is 0 Å². The molecule has 0 amide bonds. The quantitative estimate of drug-likeness (QED) is 0.663. The van der Waals surface area contributed by atoms with E-state index in [0.717, 1.165) is 18.0 Å². The summed E-state index contributed by atoms with van der Waals surface area (Å²) in [6.45, 7) is 2.31. The molecule has 4 rings (SSSR count). The molecule has 0 unspecified atom stereocenters. The SMILES string of the molecule is FC(F)(F)c1c[nH+]c(N2CCN(c3nnnn3-c3ccccc3)CC2)c(Cl)c1. The van der Waals surface area contributed by atoms with Crippen LogP contribution < -0.4 is 14.8 Å². The number of hydrogen-bond acceptors (Lipinski definition) is 5. The Hall–Kier alpha value is -2.88. The van der Waals surface area contributed by atoms with Crippen LogP contribution in [0.3, 0.4) is 0 Å². The molecule has 2 aromatic heterocycles. The molecule has 0 saturated carbocycles. The van der Waals surface area contributed by atoms with Crippen molar-refractivity contribution in [3.63, 3.8) is 0 Å². The monoisotopic (exact) mass is 410 g/mol. The van der Waals surface area contributed by atoms with Crippen molar-refractivity contribution in [3.8, 4) is 5.69 Å². The van der Waals surface area contributed by atoms with E-state index in [0.29, 0.717) is 37.9 Å². The number of anilines is 2. The van der Waals surface area contributed by atoms with Gasteiger partial charge in [0.05, 0.1) is 24.3 Å². The van der Waals surface area contributed by atoms with Crippen LogP contribution in [-0.4, -0.2) is 46.4 Å². The summed E-state index contributed by atoms with van der Waals surface area (Å²) in [6.07, 6.45) is -3.50. The summed E-state index contributed by atoms with van der Waals surface area (Å²) in [5.74, 6) is 1.09. The molecule has 0 atom stereocenters. The smallest absolute Gasteiger partial charge is 0.332 e. The Bertz CT molecular complexity index is 953. The van der Waals surface area contributed by atoms with Crippen LogP contribution in [0.5, 0.6) is 0 Å². The molecule has 146 valence electrons. The lowest BCUT2D eigenvalue weighted by atomic mass is 10.2. The molecule has 1 aliphatic heterocycles. The molecular weight excluding hydrogens is 395 g/mol. The molecule has 1 aromatic carbocycles. The first-order valence-corrected chi connectivity index (χ1v) is 8.93. The fourth-order valence-electron chi connectivity index (χ4n) is 3.11. The van der Waals surface area contributed by atoms with Crippen LogP contribution in [0.4, 0.5) is 24.9 Å². The highest BCUT2D eigenvalue weighted by molar-refractivity contribution is 6.32. The van der Waals surface area contributed by atoms with Gasteiger partial charge in [-0.25, -0.2) is 4.98 Å².